The number of carbonyl (C=O) groups excluding carboxylic acids is 1. The molecular formula is C20H24FN3O2. The maximum Gasteiger partial charge on any atom is 0.322 e. The Kier molecular flexibility index (Phi) is 5.61. The molecular weight excluding hydrogens is 333 g/mol. The van der Waals surface area contributed by atoms with Gasteiger partial charge in [0.2, 0.25) is 0 Å². The van der Waals surface area contributed by atoms with Gasteiger partial charge in [-0.05, 0) is 44.2 Å². The van der Waals surface area contributed by atoms with Crippen LogP contribution in [0.15, 0.2) is 48.5 Å². The van der Waals surface area contributed by atoms with Crippen LogP contribution < -0.4 is 15.0 Å². The lowest BCUT2D eigenvalue weighted by molar-refractivity contribution is 0.207. The summed E-state index contributed by atoms with van der Waals surface area (Å²) in [5, 5.41) is 2.93. The fourth-order valence-corrected chi connectivity index (χ4v) is 2.96. The zero-order valence-corrected chi connectivity index (χ0v) is 15.1. The number of hydrogen-bond acceptors (Lipinski definition) is 3. The molecule has 138 valence electrons. The van der Waals surface area contributed by atoms with Crippen molar-refractivity contribution in [3.63, 3.8) is 0 Å². The second-order valence-corrected chi connectivity index (χ2v) is 6.55. The van der Waals surface area contributed by atoms with Gasteiger partial charge in [-0.2, -0.15) is 0 Å². The summed E-state index contributed by atoms with van der Waals surface area (Å²) in [6.45, 7) is 6.39. The molecule has 2 aromatic carbocycles. The Balaban J connectivity index is 1.59. The molecule has 1 saturated heterocycles. The molecule has 0 unspecified atom stereocenters. The summed E-state index contributed by atoms with van der Waals surface area (Å²) in [6.07, 6.45) is 0.0304. The van der Waals surface area contributed by atoms with Crippen molar-refractivity contribution in [1.82, 2.24) is 4.90 Å². The van der Waals surface area contributed by atoms with E-state index in [2.05, 4.69) is 10.2 Å². The number of carbonyl (C=O) groups is 1. The Labute approximate surface area is 153 Å². The molecule has 3 rings (SSSR count). The van der Waals surface area contributed by atoms with Crippen LogP contribution in [-0.4, -0.2) is 43.2 Å². The second-order valence-electron chi connectivity index (χ2n) is 6.55. The predicted octanol–water partition coefficient (Wildman–Crippen LogP) is 3.97. The van der Waals surface area contributed by atoms with Crippen molar-refractivity contribution in [1.29, 1.82) is 0 Å². The van der Waals surface area contributed by atoms with Crippen molar-refractivity contribution in [3.8, 4) is 5.75 Å². The van der Waals surface area contributed by atoms with Gasteiger partial charge in [0.05, 0.1) is 11.8 Å². The second kappa shape index (κ2) is 8.08. The van der Waals surface area contributed by atoms with Crippen molar-refractivity contribution in [2.75, 3.05) is 36.4 Å². The van der Waals surface area contributed by atoms with Gasteiger partial charge in [-0.1, -0.05) is 18.2 Å². The first-order valence-corrected chi connectivity index (χ1v) is 8.85. The topological polar surface area (TPSA) is 44.8 Å². The van der Waals surface area contributed by atoms with Gasteiger partial charge in [0.25, 0.3) is 0 Å². The van der Waals surface area contributed by atoms with Gasteiger partial charge in [0, 0.05) is 31.9 Å². The minimum Gasteiger partial charge on any atom is -0.489 e. The third-order valence-electron chi connectivity index (χ3n) is 4.23. The van der Waals surface area contributed by atoms with Gasteiger partial charge in [-0.15, -0.1) is 0 Å². The molecule has 5 nitrogen and oxygen atoms in total. The molecule has 2 aromatic rings. The lowest BCUT2D eigenvalue weighted by atomic mass is 10.2. The van der Waals surface area contributed by atoms with Crippen molar-refractivity contribution < 1.29 is 13.9 Å². The van der Waals surface area contributed by atoms with E-state index in [1.807, 2.05) is 44.2 Å². The van der Waals surface area contributed by atoms with Crippen molar-refractivity contribution in [2.24, 2.45) is 0 Å². The van der Waals surface area contributed by atoms with Crippen LogP contribution in [0.4, 0.5) is 20.6 Å². The number of piperazine rings is 1. The van der Waals surface area contributed by atoms with E-state index in [0.29, 0.717) is 37.6 Å². The third-order valence-corrected chi connectivity index (χ3v) is 4.23. The van der Waals surface area contributed by atoms with Crippen molar-refractivity contribution >= 4 is 17.4 Å². The smallest absolute Gasteiger partial charge is 0.322 e. The number of rotatable bonds is 4. The van der Waals surface area contributed by atoms with E-state index in [0.717, 1.165) is 5.69 Å². The van der Waals surface area contributed by atoms with Crippen LogP contribution in [0.5, 0.6) is 5.75 Å². The summed E-state index contributed by atoms with van der Waals surface area (Å²) in [7, 11) is 0. The number of hydrogen-bond donors (Lipinski definition) is 1. The van der Waals surface area contributed by atoms with Gasteiger partial charge in [0.15, 0.2) is 0 Å². The summed E-state index contributed by atoms with van der Waals surface area (Å²) in [5.41, 5.74) is 1.51. The normalized spacial score (nSPS) is 14.5. The minimum absolute atomic E-state index is 0.0304. The number of nitrogens with zero attached hydrogens (tertiary/aromatic N) is 2. The minimum atomic E-state index is -0.246. The summed E-state index contributed by atoms with van der Waals surface area (Å²) >= 11 is 0. The van der Waals surface area contributed by atoms with E-state index < -0.39 is 0 Å². The fraction of sp³-hybridized carbons (Fsp3) is 0.350. The third kappa shape index (κ3) is 4.45. The molecule has 1 N–H and O–H groups in total. The van der Waals surface area contributed by atoms with Gasteiger partial charge < -0.3 is 19.9 Å². The molecule has 0 atom stereocenters. The Bertz CT molecular complexity index is 758. The van der Waals surface area contributed by atoms with E-state index in [1.54, 1.807) is 11.0 Å². The van der Waals surface area contributed by atoms with Crippen molar-refractivity contribution in [3.05, 3.63) is 54.3 Å². The molecule has 1 aliphatic heterocycles. The summed E-state index contributed by atoms with van der Waals surface area (Å²) in [6, 6.07) is 13.8. The highest BCUT2D eigenvalue weighted by atomic mass is 19.1. The summed E-state index contributed by atoms with van der Waals surface area (Å²) in [5.74, 6) is 0.415. The Morgan fingerprint density at radius 1 is 1.08 bits per heavy atom. The van der Waals surface area contributed by atoms with Crippen LogP contribution in [0.1, 0.15) is 13.8 Å². The summed E-state index contributed by atoms with van der Waals surface area (Å²) in [4.78, 5) is 16.4. The largest absolute Gasteiger partial charge is 0.489 e. The average Bonchev–Trinajstić information content (AvgIpc) is 2.63. The first-order chi connectivity index (χ1) is 12.5. The zero-order valence-electron chi connectivity index (χ0n) is 15.1. The number of urea groups is 1. The standard InChI is InChI=1S/C20H24FN3O2/c1-15(2)26-19-9-4-3-8-18(19)22-20(25)24-12-10-23(11-13-24)17-7-5-6-16(21)14-17/h3-9,14-15H,10-13H2,1-2H3,(H,22,25). The lowest BCUT2D eigenvalue weighted by Crippen LogP contribution is -2.50. The number of nitrogens with one attached hydrogen (secondary N) is 1. The molecule has 1 aliphatic rings. The maximum atomic E-state index is 13.4. The molecule has 0 bridgehead atoms. The molecule has 0 radical (unpaired) electrons. The molecule has 2 amide bonds. The van der Waals surface area contributed by atoms with E-state index >= 15 is 0 Å². The van der Waals surface area contributed by atoms with Gasteiger partial charge >= 0.3 is 6.03 Å². The first kappa shape index (κ1) is 18.0. The highest BCUT2D eigenvalue weighted by molar-refractivity contribution is 5.91. The quantitative estimate of drug-likeness (QED) is 0.901. The predicted molar refractivity (Wildman–Crippen MR) is 101 cm³/mol. The molecule has 1 fully saturated rings. The van der Waals surface area contributed by atoms with Gasteiger partial charge in [-0.3, -0.25) is 0 Å². The van der Waals surface area contributed by atoms with E-state index in [9.17, 15) is 9.18 Å². The van der Waals surface area contributed by atoms with Gasteiger partial charge in [0.1, 0.15) is 11.6 Å². The Morgan fingerprint density at radius 3 is 2.50 bits per heavy atom. The Morgan fingerprint density at radius 2 is 1.81 bits per heavy atom. The molecule has 1 heterocycles. The monoisotopic (exact) mass is 357 g/mol. The SMILES string of the molecule is CC(C)Oc1ccccc1NC(=O)N1CCN(c2cccc(F)c2)CC1. The van der Waals surface area contributed by atoms with E-state index in [-0.39, 0.29) is 18.0 Å². The fourth-order valence-electron chi connectivity index (χ4n) is 2.96. The first-order valence-electron chi connectivity index (χ1n) is 8.85. The number of anilines is 2. The molecule has 0 aromatic heterocycles. The molecule has 6 heteroatoms. The Hall–Kier alpha value is -2.76. The average molecular weight is 357 g/mol. The summed E-state index contributed by atoms with van der Waals surface area (Å²) < 4.78 is 19.1. The zero-order chi connectivity index (χ0) is 18.5. The molecule has 0 aliphatic carbocycles. The van der Waals surface area contributed by atoms with E-state index in [4.69, 9.17) is 4.74 Å². The number of ether oxygens (including phenoxy) is 1. The van der Waals surface area contributed by atoms with Crippen LogP contribution in [0.3, 0.4) is 0 Å². The number of halogens is 1. The van der Waals surface area contributed by atoms with Gasteiger partial charge in [-0.25, -0.2) is 9.18 Å². The molecule has 0 spiro atoms. The molecule has 0 saturated carbocycles. The number of amides is 2. The number of para-hydroxylation sites is 2. The van der Waals surface area contributed by atoms with Crippen LogP contribution in [0.25, 0.3) is 0 Å². The molecule has 26 heavy (non-hydrogen) atoms. The highest BCUT2D eigenvalue weighted by Crippen LogP contribution is 2.25. The number of benzene rings is 2. The van der Waals surface area contributed by atoms with Crippen LogP contribution >= 0.6 is 0 Å². The van der Waals surface area contributed by atoms with Crippen LogP contribution in [0.2, 0.25) is 0 Å². The maximum absolute atomic E-state index is 13.4. The van der Waals surface area contributed by atoms with Crippen molar-refractivity contribution in [2.45, 2.75) is 20.0 Å². The van der Waals surface area contributed by atoms with Crippen LogP contribution in [-0.2, 0) is 0 Å². The highest BCUT2D eigenvalue weighted by Gasteiger charge is 2.22. The van der Waals surface area contributed by atoms with Crippen LogP contribution in [0, 0.1) is 5.82 Å². The van der Waals surface area contributed by atoms with E-state index in [1.165, 1.54) is 12.1 Å². The lowest BCUT2D eigenvalue weighted by Gasteiger charge is -2.36.